The van der Waals surface area contributed by atoms with Gasteiger partial charge in [-0.25, -0.2) is 13.4 Å². The van der Waals surface area contributed by atoms with Crippen molar-refractivity contribution in [3.05, 3.63) is 64.6 Å². The Hall–Kier alpha value is -3.19. The maximum Gasteiger partial charge on any atom is 0.258 e. The number of fused-ring (bicyclic) bond motifs is 3. The summed E-state index contributed by atoms with van der Waals surface area (Å²) < 4.78 is 23.8. The number of nitrogens with zero attached hydrogens (tertiary/aromatic N) is 1. The quantitative estimate of drug-likeness (QED) is 0.342. The van der Waals surface area contributed by atoms with Crippen LogP contribution in [-0.4, -0.2) is 30.7 Å². The monoisotopic (exact) mass is 489 g/mol. The number of benzene rings is 2. The summed E-state index contributed by atoms with van der Waals surface area (Å²) in [6.45, 7) is 8.71. The van der Waals surface area contributed by atoms with Crippen molar-refractivity contribution in [2.75, 3.05) is 11.6 Å². The second-order valence-electron chi connectivity index (χ2n) is 10.8. The van der Waals surface area contributed by atoms with E-state index in [1.165, 1.54) is 6.26 Å². The van der Waals surface area contributed by atoms with E-state index in [-0.39, 0.29) is 21.9 Å². The summed E-state index contributed by atoms with van der Waals surface area (Å²) >= 11 is 0. The highest BCUT2D eigenvalue weighted by atomic mass is 32.2. The Balaban J connectivity index is 1.75. The molecule has 2 aromatic heterocycles. The molecule has 2 aromatic carbocycles. The number of pyridine rings is 2. The van der Waals surface area contributed by atoms with Crippen molar-refractivity contribution >= 4 is 37.3 Å². The van der Waals surface area contributed by atoms with Gasteiger partial charge in [-0.1, -0.05) is 45.0 Å². The summed E-state index contributed by atoms with van der Waals surface area (Å²) in [6.07, 6.45) is 5.24. The van der Waals surface area contributed by atoms with Gasteiger partial charge in [0, 0.05) is 29.3 Å². The van der Waals surface area contributed by atoms with Gasteiger partial charge >= 0.3 is 0 Å². The molecule has 2 heterocycles. The number of hydrogen-bond donors (Lipinski definition) is 2. The van der Waals surface area contributed by atoms with E-state index in [0.717, 1.165) is 51.6 Å². The molecule has 0 spiro atoms. The molecule has 1 aliphatic rings. The molecule has 4 aromatic rings. The number of H-pyrrole nitrogens is 1. The van der Waals surface area contributed by atoms with E-state index in [0.29, 0.717) is 11.3 Å². The zero-order valence-corrected chi connectivity index (χ0v) is 21.6. The van der Waals surface area contributed by atoms with Crippen molar-refractivity contribution in [3.63, 3.8) is 0 Å². The number of anilines is 1. The first-order valence-corrected chi connectivity index (χ1v) is 13.9. The van der Waals surface area contributed by atoms with Crippen LogP contribution in [0, 0.1) is 5.41 Å². The fourth-order valence-corrected chi connectivity index (χ4v) is 4.98. The molecule has 0 amide bonds. The van der Waals surface area contributed by atoms with E-state index < -0.39 is 9.84 Å². The molecule has 182 valence electrons. The smallest absolute Gasteiger partial charge is 0.258 e. The molecule has 1 atom stereocenters. The van der Waals surface area contributed by atoms with Crippen LogP contribution in [0.1, 0.15) is 52.0 Å². The summed E-state index contributed by atoms with van der Waals surface area (Å²) in [6, 6.07) is 13.0. The number of sulfone groups is 1. The van der Waals surface area contributed by atoms with Crippen LogP contribution in [0.3, 0.4) is 0 Å². The van der Waals surface area contributed by atoms with Gasteiger partial charge in [-0.15, -0.1) is 0 Å². The summed E-state index contributed by atoms with van der Waals surface area (Å²) in [5, 5.41) is 5.95. The van der Waals surface area contributed by atoms with E-state index in [2.05, 4.69) is 38.0 Å². The fourth-order valence-electron chi connectivity index (χ4n) is 4.35. The minimum Gasteiger partial charge on any atom is -0.367 e. The minimum absolute atomic E-state index is 0.0255. The van der Waals surface area contributed by atoms with Crippen LogP contribution in [0.25, 0.3) is 32.8 Å². The van der Waals surface area contributed by atoms with Crippen molar-refractivity contribution in [2.24, 2.45) is 5.41 Å². The molecule has 1 aliphatic carbocycles. The molecule has 1 saturated carbocycles. The zero-order chi connectivity index (χ0) is 25.1. The predicted octanol–water partition coefficient (Wildman–Crippen LogP) is 5.87. The van der Waals surface area contributed by atoms with E-state index in [1.807, 2.05) is 36.5 Å². The Morgan fingerprint density at radius 3 is 2.29 bits per heavy atom. The van der Waals surface area contributed by atoms with Gasteiger partial charge in [-0.05, 0) is 66.0 Å². The van der Waals surface area contributed by atoms with E-state index in [4.69, 9.17) is 4.98 Å². The first-order chi connectivity index (χ1) is 16.4. The van der Waals surface area contributed by atoms with Crippen LogP contribution in [-0.2, 0) is 9.84 Å². The van der Waals surface area contributed by atoms with Gasteiger partial charge in [0.15, 0.2) is 9.84 Å². The first-order valence-electron chi connectivity index (χ1n) is 12.0. The molecule has 0 aliphatic heterocycles. The summed E-state index contributed by atoms with van der Waals surface area (Å²) in [5.74, 6) is 1.21. The van der Waals surface area contributed by atoms with Crippen molar-refractivity contribution in [2.45, 2.75) is 57.4 Å². The number of aromatic nitrogens is 2. The summed E-state index contributed by atoms with van der Waals surface area (Å²) in [5.41, 5.74) is 3.53. The first kappa shape index (κ1) is 23.5. The molecule has 35 heavy (non-hydrogen) atoms. The van der Waals surface area contributed by atoms with Crippen molar-refractivity contribution < 1.29 is 8.42 Å². The van der Waals surface area contributed by atoms with Crippen LogP contribution in [0.5, 0.6) is 0 Å². The molecular weight excluding hydrogens is 458 g/mol. The third-order valence-electron chi connectivity index (χ3n) is 7.15. The molecule has 0 saturated heterocycles. The Kier molecular flexibility index (Phi) is 5.51. The lowest BCUT2D eigenvalue weighted by atomic mass is 9.88. The highest BCUT2D eigenvalue weighted by Gasteiger charge is 2.28. The summed E-state index contributed by atoms with van der Waals surface area (Å²) in [7, 11) is -3.27. The van der Waals surface area contributed by atoms with Gasteiger partial charge in [0.05, 0.1) is 15.8 Å². The van der Waals surface area contributed by atoms with Gasteiger partial charge in [0.25, 0.3) is 5.56 Å². The van der Waals surface area contributed by atoms with Crippen LogP contribution in [0.2, 0.25) is 0 Å². The van der Waals surface area contributed by atoms with Crippen LogP contribution >= 0.6 is 0 Å². The SMILES string of the molecule is CC(Nc1nc2c(C3CC3)c[nH]c(=O)c2c2cc(-c3ccc(S(C)(=O)=O)cc3)ccc12)C(C)(C)C. The van der Waals surface area contributed by atoms with Gasteiger partial charge in [0.2, 0.25) is 0 Å². The van der Waals surface area contributed by atoms with Crippen LogP contribution < -0.4 is 10.9 Å². The maximum absolute atomic E-state index is 13.1. The van der Waals surface area contributed by atoms with Crippen LogP contribution in [0.4, 0.5) is 5.82 Å². The molecule has 1 fully saturated rings. The minimum atomic E-state index is -3.27. The zero-order valence-electron chi connectivity index (χ0n) is 20.8. The largest absolute Gasteiger partial charge is 0.367 e. The third-order valence-corrected chi connectivity index (χ3v) is 8.28. The number of aromatic amines is 1. The Bertz CT molecular complexity index is 1610. The number of hydrogen-bond acceptors (Lipinski definition) is 5. The summed E-state index contributed by atoms with van der Waals surface area (Å²) in [4.78, 5) is 21.3. The van der Waals surface area contributed by atoms with Gasteiger partial charge < -0.3 is 10.3 Å². The molecule has 7 heteroatoms. The standard InChI is InChI=1S/C28H31N3O3S/c1-16(28(2,3)4)30-26-21-13-10-19(17-8-11-20(12-9-17)35(5,33)34)14-22(21)24-25(31-26)23(18-6-7-18)15-29-27(24)32/h8-16,18H,6-7H2,1-5H3,(H,29,32)(H,30,31). The number of nitrogens with one attached hydrogen (secondary N) is 2. The fraction of sp³-hybridized carbons (Fsp3) is 0.357. The topological polar surface area (TPSA) is 91.9 Å². The Morgan fingerprint density at radius 2 is 1.69 bits per heavy atom. The van der Waals surface area contributed by atoms with E-state index in [9.17, 15) is 13.2 Å². The average molecular weight is 490 g/mol. The van der Waals surface area contributed by atoms with Crippen molar-refractivity contribution in [1.29, 1.82) is 0 Å². The van der Waals surface area contributed by atoms with E-state index in [1.54, 1.807) is 12.1 Å². The molecule has 0 bridgehead atoms. The van der Waals surface area contributed by atoms with Crippen LogP contribution in [0.15, 0.2) is 58.4 Å². The molecule has 2 N–H and O–H groups in total. The highest BCUT2D eigenvalue weighted by molar-refractivity contribution is 7.90. The van der Waals surface area contributed by atoms with Gasteiger partial charge in [0.1, 0.15) is 5.82 Å². The lowest BCUT2D eigenvalue weighted by Gasteiger charge is -2.29. The molecule has 1 unspecified atom stereocenters. The second-order valence-corrected chi connectivity index (χ2v) is 12.8. The van der Waals surface area contributed by atoms with Gasteiger partial charge in [-0.3, -0.25) is 4.79 Å². The maximum atomic E-state index is 13.1. The molecule has 5 rings (SSSR count). The Labute approximate surface area is 205 Å². The average Bonchev–Trinajstić information content (AvgIpc) is 3.63. The lowest BCUT2D eigenvalue weighted by molar-refractivity contribution is 0.359. The van der Waals surface area contributed by atoms with E-state index >= 15 is 0 Å². The molecule has 0 radical (unpaired) electrons. The molecular formula is C28H31N3O3S. The Morgan fingerprint density at radius 1 is 1.03 bits per heavy atom. The lowest BCUT2D eigenvalue weighted by Crippen LogP contribution is -2.31. The molecule has 6 nitrogen and oxygen atoms in total. The third kappa shape index (κ3) is 4.45. The second kappa shape index (κ2) is 8.19. The van der Waals surface area contributed by atoms with Gasteiger partial charge in [-0.2, -0.15) is 0 Å². The normalized spacial score (nSPS) is 15.5. The van der Waals surface area contributed by atoms with Crippen molar-refractivity contribution in [1.82, 2.24) is 9.97 Å². The highest BCUT2D eigenvalue weighted by Crippen LogP contribution is 2.43. The number of rotatable bonds is 5. The van der Waals surface area contributed by atoms with Crippen molar-refractivity contribution in [3.8, 4) is 11.1 Å². The predicted molar refractivity (Wildman–Crippen MR) is 143 cm³/mol.